The molecular formula is C24H26N4O3. The van der Waals surface area contributed by atoms with E-state index in [4.69, 9.17) is 4.74 Å². The van der Waals surface area contributed by atoms with Crippen molar-refractivity contribution in [2.75, 3.05) is 11.6 Å². The first-order valence-corrected chi connectivity index (χ1v) is 9.99. The Morgan fingerprint density at radius 2 is 1.81 bits per heavy atom. The molecule has 0 spiro atoms. The number of nitrogens with zero attached hydrogens (tertiary/aromatic N) is 4. The molecule has 0 aliphatic carbocycles. The Balaban J connectivity index is 1.70. The van der Waals surface area contributed by atoms with Crippen LogP contribution in [-0.4, -0.2) is 30.2 Å². The van der Waals surface area contributed by atoms with E-state index in [0.29, 0.717) is 22.6 Å². The fraction of sp³-hybridized carbons (Fsp3) is 0.292. The van der Waals surface area contributed by atoms with Gasteiger partial charge in [-0.05, 0) is 54.3 Å². The van der Waals surface area contributed by atoms with Gasteiger partial charge in [-0.3, -0.25) is 4.79 Å². The van der Waals surface area contributed by atoms with Crippen LogP contribution in [0.4, 0.5) is 11.4 Å². The smallest absolute Gasteiger partial charge is 0.338 e. The molecule has 7 heteroatoms. The molecule has 0 fully saturated rings. The van der Waals surface area contributed by atoms with E-state index in [1.54, 1.807) is 31.2 Å². The average Bonchev–Trinajstić information content (AvgIpc) is 3.03. The van der Waals surface area contributed by atoms with Crippen LogP contribution in [0.5, 0.6) is 0 Å². The lowest BCUT2D eigenvalue weighted by molar-refractivity contribution is -0.117. The molecule has 1 heterocycles. The Labute approximate surface area is 182 Å². The summed E-state index contributed by atoms with van der Waals surface area (Å²) in [6, 6.07) is 13.5. The van der Waals surface area contributed by atoms with Crippen molar-refractivity contribution < 1.29 is 14.3 Å². The van der Waals surface area contributed by atoms with Gasteiger partial charge in [-0.15, -0.1) is 0 Å². The van der Waals surface area contributed by atoms with E-state index in [0.717, 1.165) is 0 Å². The third-order valence-electron chi connectivity index (χ3n) is 4.80. The predicted molar refractivity (Wildman–Crippen MR) is 121 cm³/mol. The molecule has 3 rings (SSSR count). The zero-order valence-electron chi connectivity index (χ0n) is 18.2. The highest BCUT2D eigenvalue weighted by Gasteiger charge is 2.34. The molecule has 7 nitrogen and oxygen atoms in total. The van der Waals surface area contributed by atoms with Gasteiger partial charge in [0.2, 0.25) is 0 Å². The van der Waals surface area contributed by atoms with E-state index >= 15 is 0 Å². The van der Waals surface area contributed by atoms with Crippen molar-refractivity contribution in [3.05, 3.63) is 72.3 Å². The Kier molecular flexibility index (Phi) is 6.44. The molecule has 0 saturated heterocycles. The van der Waals surface area contributed by atoms with Crippen LogP contribution in [0.1, 0.15) is 43.6 Å². The highest BCUT2D eigenvalue weighted by atomic mass is 16.5. The molecule has 0 bridgehead atoms. The molecule has 2 aromatic carbocycles. The van der Waals surface area contributed by atoms with Crippen molar-refractivity contribution >= 4 is 29.0 Å². The summed E-state index contributed by atoms with van der Waals surface area (Å²) in [6.45, 7) is 11.8. The van der Waals surface area contributed by atoms with Crippen LogP contribution in [0, 0.1) is 0 Å². The van der Waals surface area contributed by atoms with Crippen molar-refractivity contribution in [2.24, 2.45) is 15.3 Å². The largest absolute Gasteiger partial charge is 0.458 e. The van der Waals surface area contributed by atoms with Crippen LogP contribution < -0.4 is 5.01 Å². The van der Waals surface area contributed by atoms with Crippen molar-refractivity contribution in [3.8, 4) is 0 Å². The number of amides is 1. The second kappa shape index (κ2) is 9.04. The van der Waals surface area contributed by atoms with Crippen molar-refractivity contribution in [3.63, 3.8) is 0 Å². The molecule has 31 heavy (non-hydrogen) atoms. The van der Waals surface area contributed by atoms with Gasteiger partial charge in [0.05, 0.1) is 22.6 Å². The van der Waals surface area contributed by atoms with Gasteiger partial charge in [-0.25, -0.2) is 4.79 Å². The minimum atomic E-state index is -0.778. The van der Waals surface area contributed by atoms with E-state index in [-0.39, 0.29) is 17.9 Å². The summed E-state index contributed by atoms with van der Waals surface area (Å²) in [7, 11) is 0. The molecule has 0 N–H and O–H groups in total. The third-order valence-corrected chi connectivity index (χ3v) is 4.80. The molecule has 1 atom stereocenters. The SMILES string of the molecule is C=CCOC(=O)c1ccc(N=NC2C(=O)N(c3ccc(C(C)(C)C)cc3)N=C2C)cc1. The summed E-state index contributed by atoms with van der Waals surface area (Å²) < 4.78 is 4.99. The zero-order chi connectivity index (χ0) is 22.6. The molecule has 1 aliphatic rings. The van der Waals surface area contributed by atoms with Gasteiger partial charge in [-0.2, -0.15) is 20.3 Å². The Morgan fingerprint density at radius 1 is 1.16 bits per heavy atom. The number of carbonyl (C=O) groups excluding carboxylic acids is 2. The van der Waals surface area contributed by atoms with Gasteiger partial charge in [0.15, 0.2) is 6.04 Å². The van der Waals surface area contributed by atoms with Gasteiger partial charge in [0, 0.05) is 0 Å². The minimum Gasteiger partial charge on any atom is -0.458 e. The summed E-state index contributed by atoms with van der Waals surface area (Å²) in [5.41, 5.74) is 3.39. The van der Waals surface area contributed by atoms with E-state index in [1.165, 1.54) is 16.6 Å². The summed E-state index contributed by atoms with van der Waals surface area (Å²) in [5.74, 6) is -0.695. The van der Waals surface area contributed by atoms with Gasteiger partial charge < -0.3 is 4.74 Å². The van der Waals surface area contributed by atoms with Crippen LogP contribution in [-0.2, 0) is 14.9 Å². The minimum absolute atomic E-state index is 0.0292. The Morgan fingerprint density at radius 3 is 2.39 bits per heavy atom. The number of rotatable bonds is 6. The standard InChI is InChI=1S/C24H26N4O3/c1-6-15-31-23(30)17-7-11-19(12-8-17)25-26-21-16(2)27-28(22(21)29)20-13-9-18(10-14-20)24(3,4)5/h6-14,21H,1,15H2,2-5H3. The maximum absolute atomic E-state index is 12.9. The fourth-order valence-electron chi connectivity index (χ4n) is 2.98. The second-order valence-corrected chi connectivity index (χ2v) is 8.24. The van der Waals surface area contributed by atoms with E-state index in [9.17, 15) is 9.59 Å². The van der Waals surface area contributed by atoms with Crippen molar-refractivity contribution in [2.45, 2.75) is 39.2 Å². The fourth-order valence-corrected chi connectivity index (χ4v) is 2.98. The van der Waals surface area contributed by atoms with Crippen LogP contribution in [0.3, 0.4) is 0 Å². The maximum atomic E-state index is 12.9. The quantitative estimate of drug-likeness (QED) is 0.367. The van der Waals surface area contributed by atoms with Gasteiger partial charge in [0.25, 0.3) is 5.91 Å². The number of azo groups is 1. The molecule has 0 saturated carbocycles. The molecule has 1 aliphatic heterocycles. The number of ether oxygens (including phenoxy) is 1. The van der Waals surface area contributed by atoms with Gasteiger partial charge >= 0.3 is 5.97 Å². The summed E-state index contributed by atoms with van der Waals surface area (Å²) >= 11 is 0. The molecule has 2 aromatic rings. The molecule has 1 unspecified atom stereocenters. The number of anilines is 1. The number of hydrazone groups is 1. The lowest BCUT2D eigenvalue weighted by Crippen LogP contribution is -2.29. The highest BCUT2D eigenvalue weighted by Crippen LogP contribution is 2.28. The number of carbonyl (C=O) groups is 2. The number of benzene rings is 2. The predicted octanol–water partition coefficient (Wildman–Crippen LogP) is 5.20. The normalized spacial score (nSPS) is 16.5. The van der Waals surface area contributed by atoms with E-state index in [1.807, 2.05) is 24.3 Å². The lowest BCUT2D eigenvalue weighted by atomic mass is 9.87. The Hall–Kier alpha value is -3.61. The highest BCUT2D eigenvalue weighted by molar-refractivity contribution is 6.18. The van der Waals surface area contributed by atoms with E-state index in [2.05, 4.69) is 42.7 Å². The maximum Gasteiger partial charge on any atom is 0.338 e. The second-order valence-electron chi connectivity index (χ2n) is 8.24. The Bertz CT molecular complexity index is 1030. The van der Waals surface area contributed by atoms with E-state index < -0.39 is 12.0 Å². The zero-order valence-corrected chi connectivity index (χ0v) is 18.2. The van der Waals surface area contributed by atoms with Crippen LogP contribution >= 0.6 is 0 Å². The van der Waals surface area contributed by atoms with Crippen LogP contribution in [0.25, 0.3) is 0 Å². The summed E-state index contributed by atoms with van der Waals surface area (Å²) in [6.07, 6.45) is 1.51. The first-order chi connectivity index (χ1) is 14.7. The molecule has 1 amide bonds. The van der Waals surface area contributed by atoms with Crippen molar-refractivity contribution in [1.29, 1.82) is 0 Å². The first-order valence-electron chi connectivity index (χ1n) is 9.99. The third kappa shape index (κ3) is 5.12. The first kappa shape index (κ1) is 22.1. The van der Waals surface area contributed by atoms with Crippen LogP contribution in [0.2, 0.25) is 0 Å². The van der Waals surface area contributed by atoms with Crippen molar-refractivity contribution in [1.82, 2.24) is 0 Å². The van der Waals surface area contributed by atoms with Gasteiger partial charge in [0.1, 0.15) is 6.61 Å². The number of hydrogen-bond acceptors (Lipinski definition) is 6. The molecule has 0 radical (unpaired) electrons. The molecular weight excluding hydrogens is 392 g/mol. The molecule has 160 valence electrons. The summed E-state index contributed by atoms with van der Waals surface area (Å²) in [4.78, 5) is 24.7. The molecule has 0 aromatic heterocycles. The van der Waals surface area contributed by atoms with Gasteiger partial charge in [-0.1, -0.05) is 45.6 Å². The lowest BCUT2D eigenvalue weighted by Gasteiger charge is -2.20. The number of esters is 1. The summed E-state index contributed by atoms with van der Waals surface area (Å²) in [5, 5.41) is 14.1. The average molecular weight is 418 g/mol. The van der Waals surface area contributed by atoms with Crippen LogP contribution in [0.15, 0.2) is 76.5 Å². The topological polar surface area (TPSA) is 83.7 Å². The number of hydrogen-bond donors (Lipinski definition) is 0. The monoisotopic (exact) mass is 418 g/mol.